The van der Waals surface area contributed by atoms with E-state index in [1.165, 1.54) is 24.3 Å². The first-order valence-electron chi connectivity index (χ1n) is 6.15. The standard InChI is InChI=1S/C13H12BCl2NO4S/c1-8-2-4-9(5-3-8)22(20,21)17-13-6-10(14(18)19)11(15)7-12(13)16/h2-7,17-19H,1H3. The first-order valence-corrected chi connectivity index (χ1v) is 8.39. The van der Waals surface area contributed by atoms with Crippen molar-refractivity contribution in [2.45, 2.75) is 11.8 Å². The molecule has 0 aliphatic rings. The number of halogens is 2. The molecular formula is C13H12BCl2NO4S. The third-order valence-electron chi connectivity index (χ3n) is 2.94. The Hall–Kier alpha value is -1.25. The molecule has 2 aromatic rings. The summed E-state index contributed by atoms with van der Waals surface area (Å²) in [6.07, 6.45) is 0. The Balaban J connectivity index is 2.41. The molecule has 2 rings (SSSR count). The second kappa shape index (κ2) is 6.48. The van der Waals surface area contributed by atoms with Gasteiger partial charge in [0.15, 0.2) is 0 Å². The Morgan fingerprint density at radius 3 is 2.18 bits per heavy atom. The average molecular weight is 360 g/mol. The molecule has 0 saturated carbocycles. The third-order valence-corrected chi connectivity index (χ3v) is 4.96. The van der Waals surface area contributed by atoms with Crippen molar-refractivity contribution >= 4 is 51.5 Å². The van der Waals surface area contributed by atoms with Crippen LogP contribution < -0.4 is 10.2 Å². The van der Waals surface area contributed by atoms with E-state index in [0.29, 0.717) is 0 Å². The molecule has 0 heterocycles. The monoisotopic (exact) mass is 359 g/mol. The Bertz CT molecular complexity index is 794. The summed E-state index contributed by atoms with van der Waals surface area (Å²) in [5.74, 6) is 0. The van der Waals surface area contributed by atoms with Crippen LogP contribution >= 0.6 is 23.2 Å². The fourth-order valence-electron chi connectivity index (χ4n) is 1.76. The van der Waals surface area contributed by atoms with Gasteiger partial charge >= 0.3 is 7.12 Å². The summed E-state index contributed by atoms with van der Waals surface area (Å²) in [7, 11) is -5.69. The highest BCUT2D eigenvalue weighted by molar-refractivity contribution is 7.92. The smallest absolute Gasteiger partial charge is 0.423 e. The van der Waals surface area contributed by atoms with Crippen molar-refractivity contribution in [1.29, 1.82) is 0 Å². The Morgan fingerprint density at radius 1 is 1.05 bits per heavy atom. The largest absolute Gasteiger partial charge is 0.490 e. The van der Waals surface area contributed by atoms with Crippen LogP contribution in [0, 0.1) is 6.92 Å². The number of aryl methyl sites for hydroxylation is 1. The zero-order chi connectivity index (χ0) is 16.5. The normalized spacial score (nSPS) is 11.3. The van der Waals surface area contributed by atoms with Gasteiger partial charge in [0.2, 0.25) is 0 Å². The maximum Gasteiger partial charge on any atom is 0.490 e. The van der Waals surface area contributed by atoms with Gasteiger partial charge in [-0.2, -0.15) is 0 Å². The van der Waals surface area contributed by atoms with Crippen molar-refractivity contribution in [3.63, 3.8) is 0 Å². The molecule has 2 aromatic carbocycles. The molecule has 0 saturated heterocycles. The molecule has 22 heavy (non-hydrogen) atoms. The average Bonchev–Trinajstić information content (AvgIpc) is 2.41. The summed E-state index contributed by atoms with van der Waals surface area (Å²) in [4.78, 5) is 0.0650. The Labute approximate surface area is 138 Å². The fraction of sp³-hybridized carbons (Fsp3) is 0.0769. The van der Waals surface area contributed by atoms with Gasteiger partial charge in [0.05, 0.1) is 15.6 Å². The molecule has 0 aromatic heterocycles. The summed E-state index contributed by atoms with van der Waals surface area (Å²) in [6, 6.07) is 8.68. The molecule has 0 aliphatic carbocycles. The number of hydrogen-bond donors (Lipinski definition) is 3. The van der Waals surface area contributed by atoms with E-state index in [4.69, 9.17) is 23.2 Å². The number of benzene rings is 2. The van der Waals surface area contributed by atoms with Gasteiger partial charge in [0.1, 0.15) is 0 Å². The van der Waals surface area contributed by atoms with Gasteiger partial charge in [0.25, 0.3) is 10.0 Å². The van der Waals surface area contributed by atoms with Crippen molar-refractivity contribution in [3.05, 3.63) is 52.0 Å². The van der Waals surface area contributed by atoms with E-state index >= 15 is 0 Å². The maximum absolute atomic E-state index is 12.3. The van der Waals surface area contributed by atoms with E-state index < -0.39 is 17.1 Å². The van der Waals surface area contributed by atoms with E-state index in [2.05, 4.69) is 4.72 Å². The second-order valence-corrected chi connectivity index (χ2v) is 7.14. The molecule has 0 atom stereocenters. The van der Waals surface area contributed by atoms with Crippen LogP contribution in [0.1, 0.15) is 5.56 Å². The van der Waals surface area contributed by atoms with Gasteiger partial charge in [-0.1, -0.05) is 40.9 Å². The lowest BCUT2D eigenvalue weighted by atomic mass is 9.80. The van der Waals surface area contributed by atoms with E-state index in [1.54, 1.807) is 12.1 Å². The summed E-state index contributed by atoms with van der Waals surface area (Å²) >= 11 is 11.8. The van der Waals surface area contributed by atoms with Crippen molar-refractivity contribution in [2.75, 3.05) is 4.72 Å². The second-order valence-electron chi connectivity index (χ2n) is 4.65. The lowest BCUT2D eigenvalue weighted by Gasteiger charge is -2.12. The van der Waals surface area contributed by atoms with Crippen molar-refractivity contribution in [3.8, 4) is 0 Å². The molecule has 9 heteroatoms. The van der Waals surface area contributed by atoms with Crippen LogP contribution in [0.2, 0.25) is 10.0 Å². The molecule has 0 bridgehead atoms. The number of rotatable bonds is 4. The van der Waals surface area contributed by atoms with Gasteiger partial charge in [0, 0.05) is 10.5 Å². The zero-order valence-electron chi connectivity index (χ0n) is 11.4. The summed E-state index contributed by atoms with van der Waals surface area (Å²) in [5, 5.41) is 18.5. The van der Waals surface area contributed by atoms with Gasteiger partial charge in [-0.15, -0.1) is 0 Å². The minimum atomic E-state index is -3.85. The number of hydrogen-bond acceptors (Lipinski definition) is 4. The molecule has 5 nitrogen and oxygen atoms in total. The highest BCUT2D eigenvalue weighted by Crippen LogP contribution is 2.27. The van der Waals surface area contributed by atoms with Crippen LogP contribution in [0.3, 0.4) is 0 Å². The highest BCUT2D eigenvalue weighted by Gasteiger charge is 2.21. The molecular weight excluding hydrogens is 348 g/mol. The molecule has 0 fully saturated rings. The van der Waals surface area contributed by atoms with Crippen molar-refractivity contribution in [1.82, 2.24) is 0 Å². The topological polar surface area (TPSA) is 86.6 Å². The SMILES string of the molecule is Cc1ccc(S(=O)(=O)Nc2cc(B(O)O)c(Cl)cc2Cl)cc1. The Kier molecular flexibility index (Phi) is 5.04. The summed E-state index contributed by atoms with van der Waals surface area (Å²) in [5.41, 5.74) is 0.886. The molecule has 3 N–H and O–H groups in total. The minimum Gasteiger partial charge on any atom is -0.423 e. The molecule has 0 amide bonds. The van der Waals surface area contributed by atoms with Crippen LogP contribution in [0.4, 0.5) is 5.69 Å². The van der Waals surface area contributed by atoms with Crippen LogP contribution in [-0.4, -0.2) is 25.6 Å². The van der Waals surface area contributed by atoms with E-state index in [9.17, 15) is 18.5 Å². The lowest BCUT2D eigenvalue weighted by Crippen LogP contribution is -2.31. The molecule has 0 radical (unpaired) electrons. The van der Waals surface area contributed by atoms with Crippen LogP contribution in [0.15, 0.2) is 41.3 Å². The number of nitrogens with one attached hydrogen (secondary N) is 1. The minimum absolute atomic E-state index is 0.00902. The zero-order valence-corrected chi connectivity index (χ0v) is 13.7. The molecule has 0 spiro atoms. The van der Waals surface area contributed by atoms with Gasteiger partial charge < -0.3 is 10.0 Å². The predicted molar refractivity (Wildman–Crippen MR) is 88.3 cm³/mol. The predicted octanol–water partition coefficient (Wildman–Crippen LogP) is 1.78. The molecule has 0 aliphatic heterocycles. The number of anilines is 1. The quantitative estimate of drug-likeness (QED) is 0.726. The van der Waals surface area contributed by atoms with E-state index in [0.717, 1.165) is 5.56 Å². The third kappa shape index (κ3) is 3.74. The molecule has 116 valence electrons. The van der Waals surface area contributed by atoms with Crippen LogP contribution in [0.25, 0.3) is 0 Å². The van der Waals surface area contributed by atoms with Gasteiger partial charge in [-0.05, 0) is 31.2 Å². The Morgan fingerprint density at radius 2 is 1.64 bits per heavy atom. The maximum atomic E-state index is 12.3. The molecule has 0 unspecified atom stereocenters. The van der Waals surface area contributed by atoms with E-state index in [-0.39, 0.29) is 26.1 Å². The highest BCUT2D eigenvalue weighted by atomic mass is 35.5. The van der Waals surface area contributed by atoms with Crippen molar-refractivity contribution in [2.24, 2.45) is 0 Å². The first-order chi connectivity index (χ1) is 10.2. The van der Waals surface area contributed by atoms with E-state index in [1.807, 2.05) is 6.92 Å². The fourth-order valence-corrected chi connectivity index (χ4v) is 3.42. The lowest BCUT2D eigenvalue weighted by molar-refractivity contribution is 0.426. The van der Waals surface area contributed by atoms with Crippen molar-refractivity contribution < 1.29 is 18.5 Å². The van der Waals surface area contributed by atoms with Crippen LogP contribution in [0.5, 0.6) is 0 Å². The summed E-state index contributed by atoms with van der Waals surface area (Å²) < 4.78 is 26.9. The van der Waals surface area contributed by atoms with Gasteiger partial charge in [-0.3, -0.25) is 4.72 Å². The van der Waals surface area contributed by atoms with Crippen LogP contribution in [-0.2, 0) is 10.0 Å². The summed E-state index contributed by atoms with van der Waals surface area (Å²) in [6.45, 7) is 1.84. The first kappa shape index (κ1) is 17.1. The van der Waals surface area contributed by atoms with Gasteiger partial charge in [-0.25, -0.2) is 8.42 Å². The number of sulfonamides is 1.